The zero-order valence-electron chi connectivity index (χ0n) is 12.3. The fourth-order valence-corrected chi connectivity index (χ4v) is 3.11. The molecule has 0 spiro atoms. The first-order valence-corrected chi connectivity index (χ1v) is 7.41. The number of benzene rings is 2. The molecule has 0 radical (unpaired) electrons. The summed E-state index contributed by atoms with van der Waals surface area (Å²) in [6, 6.07) is 18.0. The molecule has 2 aromatic rings. The van der Waals surface area contributed by atoms with E-state index in [1.807, 2.05) is 59.6 Å². The maximum absolute atomic E-state index is 12.0. The molecule has 110 valence electrons. The van der Waals surface area contributed by atoms with Crippen molar-refractivity contribution in [3.05, 3.63) is 65.7 Å². The SMILES string of the molecule is CC(=O)[C@@H]1Oc2ccccc2[C@H]2CC(c3ccccc3)=NN21. The molecular weight excluding hydrogens is 276 g/mol. The van der Waals surface area contributed by atoms with Gasteiger partial charge in [-0.1, -0.05) is 48.5 Å². The predicted molar refractivity (Wildman–Crippen MR) is 83.7 cm³/mol. The molecule has 2 aliphatic rings. The highest BCUT2D eigenvalue weighted by molar-refractivity contribution is 6.02. The molecule has 0 aliphatic carbocycles. The molecule has 0 aromatic heterocycles. The highest BCUT2D eigenvalue weighted by atomic mass is 16.5. The van der Waals surface area contributed by atoms with E-state index in [1.54, 1.807) is 6.92 Å². The number of hydrogen-bond donors (Lipinski definition) is 0. The number of nitrogens with zero attached hydrogens (tertiary/aromatic N) is 2. The van der Waals surface area contributed by atoms with Gasteiger partial charge in [-0.15, -0.1) is 0 Å². The van der Waals surface area contributed by atoms with E-state index < -0.39 is 6.23 Å². The third-order valence-corrected chi connectivity index (χ3v) is 4.15. The van der Waals surface area contributed by atoms with Crippen molar-refractivity contribution in [1.29, 1.82) is 0 Å². The summed E-state index contributed by atoms with van der Waals surface area (Å²) in [6.45, 7) is 1.55. The van der Waals surface area contributed by atoms with Crippen molar-refractivity contribution >= 4 is 11.5 Å². The number of ether oxygens (including phenoxy) is 1. The number of Topliss-reactive ketones (excluding diaryl/α,β-unsaturated/α-hetero) is 1. The van der Waals surface area contributed by atoms with Crippen LogP contribution in [0.1, 0.15) is 30.5 Å². The Kier molecular flexibility index (Phi) is 2.96. The fourth-order valence-electron chi connectivity index (χ4n) is 3.11. The van der Waals surface area contributed by atoms with Gasteiger partial charge in [-0.25, -0.2) is 5.01 Å². The van der Waals surface area contributed by atoms with Gasteiger partial charge in [-0.05, 0) is 11.6 Å². The van der Waals surface area contributed by atoms with Gasteiger partial charge in [0.2, 0.25) is 6.23 Å². The van der Waals surface area contributed by atoms with Crippen LogP contribution >= 0.6 is 0 Å². The van der Waals surface area contributed by atoms with Crippen LogP contribution < -0.4 is 4.74 Å². The molecule has 2 heterocycles. The summed E-state index contributed by atoms with van der Waals surface area (Å²) in [5.74, 6) is 0.756. The van der Waals surface area contributed by atoms with Gasteiger partial charge in [-0.3, -0.25) is 4.79 Å². The van der Waals surface area contributed by atoms with E-state index in [2.05, 4.69) is 5.10 Å². The van der Waals surface area contributed by atoms with E-state index in [0.717, 1.165) is 29.0 Å². The van der Waals surface area contributed by atoms with Gasteiger partial charge in [0.05, 0.1) is 11.8 Å². The second-order valence-electron chi connectivity index (χ2n) is 5.63. The normalized spacial score (nSPS) is 22.4. The van der Waals surface area contributed by atoms with Crippen LogP contribution in [0, 0.1) is 0 Å². The molecule has 0 saturated carbocycles. The zero-order valence-corrected chi connectivity index (χ0v) is 12.3. The van der Waals surface area contributed by atoms with E-state index in [1.165, 1.54) is 0 Å². The van der Waals surface area contributed by atoms with Gasteiger partial charge in [-0.2, -0.15) is 5.10 Å². The first kappa shape index (κ1) is 13.1. The van der Waals surface area contributed by atoms with Gasteiger partial charge < -0.3 is 4.74 Å². The molecule has 0 fully saturated rings. The van der Waals surface area contributed by atoms with E-state index in [9.17, 15) is 4.79 Å². The molecule has 0 saturated heterocycles. The summed E-state index contributed by atoms with van der Waals surface area (Å²) < 4.78 is 5.86. The van der Waals surface area contributed by atoms with Crippen LogP contribution in [-0.2, 0) is 4.79 Å². The van der Waals surface area contributed by atoms with Crippen molar-refractivity contribution in [3.63, 3.8) is 0 Å². The van der Waals surface area contributed by atoms with Gasteiger partial charge >= 0.3 is 0 Å². The Hall–Kier alpha value is -2.62. The average molecular weight is 292 g/mol. The molecule has 0 amide bonds. The first-order chi connectivity index (χ1) is 10.7. The Morgan fingerprint density at radius 3 is 2.64 bits per heavy atom. The van der Waals surface area contributed by atoms with Crippen molar-refractivity contribution in [1.82, 2.24) is 5.01 Å². The summed E-state index contributed by atoms with van der Waals surface area (Å²) in [6.07, 6.45) is 0.148. The van der Waals surface area contributed by atoms with E-state index in [0.29, 0.717) is 0 Å². The quantitative estimate of drug-likeness (QED) is 0.854. The Morgan fingerprint density at radius 2 is 1.86 bits per heavy atom. The van der Waals surface area contributed by atoms with Gasteiger partial charge in [0.15, 0.2) is 5.78 Å². The second-order valence-corrected chi connectivity index (χ2v) is 5.63. The standard InChI is InChI=1S/C18H16N2O2/c1-12(21)18-20-16(14-9-5-6-10-17(14)22-18)11-15(19-20)13-7-3-2-4-8-13/h2-10,16,18H,11H2,1H3/t16-,18+/m1/s1. The van der Waals surface area contributed by atoms with Gasteiger partial charge in [0, 0.05) is 18.9 Å². The number of hydrogen-bond acceptors (Lipinski definition) is 4. The smallest absolute Gasteiger partial charge is 0.246 e. The Bertz CT molecular complexity index is 755. The molecule has 22 heavy (non-hydrogen) atoms. The second kappa shape index (κ2) is 4.98. The Morgan fingerprint density at radius 1 is 1.14 bits per heavy atom. The minimum Gasteiger partial charge on any atom is -0.461 e. The van der Waals surface area contributed by atoms with Gasteiger partial charge in [0.25, 0.3) is 0 Å². The lowest BCUT2D eigenvalue weighted by Gasteiger charge is -2.36. The van der Waals surface area contributed by atoms with Crippen LogP contribution in [0.15, 0.2) is 59.7 Å². The number of hydrazone groups is 1. The zero-order chi connectivity index (χ0) is 15.1. The highest BCUT2D eigenvalue weighted by Crippen LogP contribution is 2.42. The third-order valence-electron chi connectivity index (χ3n) is 4.15. The number of rotatable bonds is 2. The average Bonchev–Trinajstić information content (AvgIpc) is 3.00. The Balaban J connectivity index is 1.77. The monoisotopic (exact) mass is 292 g/mol. The molecular formula is C18H16N2O2. The van der Waals surface area contributed by atoms with Crippen molar-refractivity contribution in [2.45, 2.75) is 25.6 Å². The first-order valence-electron chi connectivity index (χ1n) is 7.41. The number of carbonyl (C=O) groups excluding carboxylic acids is 1. The van der Waals surface area contributed by atoms with E-state index in [4.69, 9.17) is 4.74 Å². The third kappa shape index (κ3) is 1.99. The molecule has 0 N–H and O–H groups in total. The lowest BCUT2D eigenvalue weighted by atomic mass is 9.96. The number of para-hydroxylation sites is 1. The molecule has 0 bridgehead atoms. The van der Waals surface area contributed by atoms with Crippen LogP contribution in [0.3, 0.4) is 0 Å². The molecule has 0 unspecified atom stereocenters. The molecule has 4 heteroatoms. The number of ketones is 1. The molecule has 2 atom stereocenters. The lowest BCUT2D eigenvalue weighted by molar-refractivity contribution is -0.135. The molecule has 4 rings (SSSR count). The van der Waals surface area contributed by atoms with Crippen molar-refractivity contribution in [3.8, 4) is 5.75 Å². The summed E-state index contributed by atoms with van der Waals surface area (Å²) in [7, 11) is 0. The van der Waals surface area contributed by atoms with Crippen LogP contribution in [0.4, 0.5) is 0 Å². The Labute approximate surface area is 129 Å². The van der Waals surface area contributed by atoms with E-state index >= 15 is 0 Å². The van der Waals surface area contributed by atoms with Crippen LogP contribution in [0.5, 0.6) is 5.75 Å². The maximum Gasteiger partial charge on any atom is 0.246 e. The summed E-state index contributed by atoms with van der Waals surface area (Å²) in [4.78, 5) is 12.0. The fraction of sp³-hybridized carbons (Fsp3) is 0.222. The summed E-state index contributed by atoms with van der Waals surface area (Å²) in [5, 5.41) is 6.50. The predicted octanol–water partition coefficient (Wildman–Crippen LogP) is 3.15. The van der Waals surface area contributed by atoms with Crippen molar-refractivity contribution in [2.75, 3.05) is 0 Å². The largest absolute Gasteiger partial charge is 0.461 e. The molecule has 2 aromatic carbocycles. The van der Waals surface area contributed by atoms with Crippen LogP contribution in [0.2, 0.25) is 0 Å². The topological polar surface area (TPSA) is 41.9 Å². The van der Waals surface area contributed by atoms with Gasteiger partial charge in [0.1, 0.15) is 5.75 Å². The summed E-state index contributed by atoms with van der Waals surface area (Å²) in [5.41, 5.74) is 3.18. The van der Waals surface area contributed by atoms with Crippen LogP contribution in [-0.4, -0.2) is 22.7 Å². The van der Waals surface area contributed by atoms with Crippen molar-refractivity contribution < 1.29 is 9.53 Å². The van der Waals surface area contributed by atoms with Crippen LogP contribution in [0.25, 0.3) is 0 Å². The minimum atomic E-state index is -0.638. The highest BCUT2D eigenvalue weighted by Gasteiger charge is 2.41. The van der Waals surface area contributed by atoms with Crippen molar-refractivity contribution in [2.24, 2.45) is 5.10 Å². The number of carbonyl (C=O) groups is 1. The number of fused-ring (bicyclic) bond motifs is 3. The minimum absolute atomic E-state index is 0.0300. The molecule has 4 nitrogen and oxygen atoms in total. The molecule has 2 aliphatic heterocycles. The lowest BCUT2D eigenvalue weighted by Crippen LogP contribution is -2.44. The summed E-state index contributed by atoms with van der Waals surface area (Å²) >= 11 is 0. The van der Waals surface area contributed by atoms with E-state index in [-0.39, 0.29) is 11.8 Å². The maximum atomic E-state index is 12.0.